The number of imidazole rings is 1. The van der Waals surface area contributed by atoms with Crippen LogP contribution in [0.1, 0.15) is 31.6 Å². The summed E-state index contributed by atoms with van der Waals surface area (Å²) < 4.78 is 33.5. The number of hydrogen-bond acceptors (Lipinski definition) is 7. The van der Waals surface area contributed by atoms with E-state index < -0.39 is 10.0 Å². The molecule has 1 fully saturated rings. The summed E-state index contributed by atoms with van der Waals surface area (Å²) in [5.41, 5.74) is 0.731. The molecule has 1 N–H and O–H groups in total. The summed E-state index contributed by atoms with van der Waals surface area (Å²) in [6.45, 7) is 4.70. The molecule has 0 radical (unpaired) electrons. The number of sulfonamides is 1. The van der Waals surface area contributed by atoms with Crippen molar-refractivity contribution in [2.75, 3.05) is 33.1 Å². The third-order valence-corrected chi connectivity index (χ3v) is 6.55. The molecule has 3 rings (SSSR count). The monoisotopic (exact) mass is 425 g/mol. The van der Waals surface area contributed by atoms with Gasteiger partial charge in [0.2, 0.25) is 10.0 Å². The number of rotatable bonds is 6. The molecule has 0 aliphatic carbocycles. The minimum atomic E-state index is -3.31. The summed E-state index contributed by atoms with van der Waals surface area (Å²) in [6, 6.07) is 1.73. The van der Waals surface area contributed by atoms with E-state index in [-0.39, 0.29) is 30.1 Å². The van der Waals surface area contributed by atoms with Crippen LogP contribution < -0.4 is 0 Å². The van der Waals surface area contributed by atoms with Gasteiger partial charge in [0.25, 0.3) is 6.47 Å². The first-order chi connectivity index (χ1) is 13.7. The van der Waals surface area contributed by atoms with Gasteiger partial charge in [-0.2, -0.15) is 0 Å². The molecule has 2 aromatic rings. The average molecular weight is 426 g/mol. The fraction of sp³-hybridized carbons (Fsp3) is 0.556. The molecule has 160 valence electrons. The molecule has 0 spiro atoms. The first-order valence-corrected chi connectivity index (χ1v) is 10.7. The molecule has 2 atom stereocenters. The van der Waals surface area contributed by atoms with Crippen LogP contribution in [0.5, 0.6) is 0 Å². The molecule has 1 saturated heterocycles. The summed E-state index contributed by atoms with van der Waals surface area (Å²) in [7, 11) is -0.202. The smallest absolute Gasteiger partial charge is 0.290 e. The van der Waals surface area contributed by atoms with Gasteiger partial charge in [-0.15, -0.1) is 0 Å². The van der Waals surface area contributed by atoms with Gasteiger partial charge in [0, 0.05) is 44.5 Å². The molecular weight excluding hydrogens is 398 g/mol. The normalized spacial score (nSPS) is 19.2. The number of hydrogen-bond donors (Lipinski definition) is 1. The van der Waals surface area contributed by atoms with Crippen LogP contribution in [-0.2, 0) is 19.6 Å². The highest BCUT2D eigenvalue weighted by molar-refractivity contribution is 7.89. The topological polar surface area (TPSA) is 128 Å². The van der Waals surface area contributed by atoms with E-state index in [4.69, 9.17) is 14.6 Å². The van der Waals surface area contributed by atoms with Crippen molar-refractivity contribution >= 4 is 16.5 Å². The molecule has 0 amide bonds. The minimum Gasteiger partial charge on any atom is -0.483 e. The summed E-state index contributed by atoms with van der Waals surface area (Å²) in [5.74, 6) is 1.58. The molecule has 11 heteroatoms. The van der Waals surface area contributed by atoms with Gasteiger partial charge in [-0.05, 0) is 6.07 Å². The fourth-order valence-corrected chi connectivity index (χ4v) is 4.19. The Morgan fingerprint density at radius 1 is 1.31 bits per heavy atom. The van der Waals surface area contributed by atoms with E-state index >= 15 is 0 Å². The highest BCUT2D eigenvalue weighted by Gasteiger charge is 2.35. The lowest BCUT2D eigenvalue weighted by molar-refractivity contribution is -0.122. The number of carboxylic acid groups (broad SMARTS) is 1. The second-order valence-electron chi connectivity index (χ2n) is 7.14. The Labute approximate surface area is 170 Å². The lowest BCUT2D eigenvalue weighted by Gasteiger charge is -2.22. The lowest BCUT2D eigenvalue weighted by atomic mass is 10.1. The predicted molar refractivity (Wildman–Crippen MR) is 107 cm³/mol. The van der Waals surface area contributed by atoms with Gasteiger partial charge in [-0.25, -0.2) is 27.7 Å². The minimum absolute atomic E-state index is 0.0449. The Bertz CT molecular complexity index is 913. The van der Waals surface area contributed by atoms with Crippen LogP contribution in [0.3, 0.4) is 0 Å². The summed E-state index contributed by atoms with van der Waals surface area (Å²) in [4.78, 5) is 21.7. The number of ether oxygens (including phenoxy) is 1. The van der Waals surface area contributed by atoms with Gasteiger partial charge in [0.15, 0.2) is 5.82 Å². The zero-order chi connectivity index (χ0) is 21.6. The molecule has 29 heavy (non-hydrogen) atoms. The molecule has 0 bridgehead atoms. The van der Waals surface area contributed by atoms with Crippen molar-refractivity contribution in [3.8, 4) is 11.5 Å². The van der Waals surface area contributed by atoms with E-state index in [0.717, 1.165) is 11.5 Å². The van der Waals surface area contributed by atoms with Gasteiger partial charge in [0.1, 0.15) is 11.5 Å². The first-order valence-electron chi connectivity index (χ1n) is 9.13. The zero-order valence-electron chi connectivity index (χ0n) is 17.0. The maximum absolute atomic E-state index is 12.3. The third kappa shape index (κ3) is 5.58. The standard InChI is InChI=1S/C17H25N5O3S.CH2O2/c1-12(2)16-18-6-5-14(20-16)17-19-7-8-22(17)15-10-25-9-13(15)11-26(23,24)21(3)4;2-1-3/h5-8,12-13,15H,9-11H2,1-4H3;1H,(H,2,3)/t13-,15+;/m0./s1. The van der Waals surface area contributed by atoms with Crippen molar-refractivity contribution in [1.82, 2.24) is 23.8 Å². The first kappa shape index (κ1) is 22.9. The SMILES string of the molecule is CC(C)c1nccc(-c2nccn2[C@@H]2COC[C@H]2CS(=O)(=O)N(C)C)n1.O=CO. The number of aromatic nitrogens is 4. The van der Waals surface area contributed by atoms with Crippen molar-refractivity contribution < 1.29 is 23.1 Å². The van der Waals surface area contributed by atoms with Crippen LogP contribution in [0.2, 0.25) is 0 Å². The van der Waals surface area contributed by atoms with Crippen LogP contribution in [0.25, 0.3) is 11.5 Å². The summed E-state index contributed by atoms with van der Waals surface area (Å²) >= 11 is 0. The van der Waals surface area contributed by atoms with Gasteiger partial charge in [-0.1, -0.05) is 13.8 Å². The predicted octanol–water partition coefficient (Wildman–Crippen LogP) is 1.24. The number of nitrogens with zero attached hydrogens (tertiary/aromatic N) is 5. The summed E-state index contributed by atoms with van der Waals surface area (Å²) in [6.07, 6.45) is 5.30. The van der Waals surface area contributed by atoms with Crippen molar-refractivity contribution in [2.24, 2.45) is 5.92 Å². The fourth-order valence-electron chi connectivity index (χ4n) is 3.03. The third-order valence-electron chi connectivity index (χ3n) is 4.59. The quantitative estimate of drug-likeness (QED) is 0.685. The van der Waals surface area contributed by atoms with E-state index in [1.54, 1.807) is 26.5 Å². The molecule has 0 aromatic carbocycles. The van der Waals surface area contributed by atoms with Crippen molar-refractivity contribution in [2.45, 2.75) is 25.8 Å². The van der Waals surface area contributed by atoms with Crippen molar-refractivity contribution in [1.29, 1.82) is 0 Å². The Balaban J connectivity index is 0.000000941. The molecule has 0 saturated carbocycles. The molecule has 2 aromatic heterocycles. The van der Waals surface area contributed by atoms with Gasteiger partial charge in [-0.3, -0.25) is 4.79 Å². The Morgan fingerprint density at radius 3 is 2.62 bits per heavy atom. The molecule has 3 heterocycles. The largest absolute Gasteiger partial charge is 0.483 e. The maximum Gasteiger partial charge on any atom is 0.290 e. The molecular formula is C18H27N5O5S. The van der Waals surface area contributed by atoms with Gasteiger partial charge < -0.3 is 14.4 Å². The van der Waals surface area contributed by atoms with Crippen LogP contribution >= 0.6 is 0 Å². The van der Waals surface area contributed by atoms with Crippen LogP contribution in [0.15, 0.2) is 24.7 Å². The van der Waals surface area contributed by atoms with E-state index in [1.165, 1.54) is 4.31 Å². The second kappa shape index (κ2) is 9.90. The molecule has 10 nitrogen and oxygen atoms in total. The van der Waals surface area contributed by atoms with Crippen molar-refractivity contribution in [3.63, 3.8) is 0 Å². The number of carbonyl (C=O) groups is 1. The van der Waals surface area contributed by atoms with Gasteiger partial charge >= 0.3 is 0 Å². The highest BCUT2D eigenvalue weighted by atomic mass is 32.2. The van der Waals surface area contributed by atoms with E-state index in [1.807, 2.05) is 30.7 Å². The Hall–Kier alpha value is -2.37. The van der Waals surface area contributed by atoms with E-state index in [2.05, 4.69) is 15.0 Å². The highest BCUT2D eigenvalue weighted by Crippen LogP contribution is 2.31. The molecule has 1 aliphatic heterocycles. The van der Waals surface area contributed by atoms with Crippen LogP contribution in [-0.4, -0.2) is 76.9 Å². The maximum atomic E-state index is 12.3. The molecule has 1 aliphatic rings. The van der Waals surface area contributed by atoms with Crippen LogP contribution in [0.4, 0.5) is 0 Å². The Morgan fingerprint density at radius 2 is 2.00 bits per heavy atom. The summed E-state index contributed by atoms with van der Waals surface area (Å²) in [5, 5.41) is 6.89. The van der Waals surface area contributed by atoms with Gasteiger partial charge in [0.05, 0.1) is 25.0 Å². The van der Waals surface area contributed by atoms with E-state index in [0.29, 0.717) is 19.0 Å². The van der Waals surface area contributed by atoms with E-state index in [9.17, 15) is 8.42 Å². The Kier molecular flexibility index (Phi) is 7.82. The lowest BCUT2D eigenvalue weighted by Crippen LogP contribution is -2.32. The zero-order valence-corrected chi connectivity index (χ0v) is 17.8. The van der Waals surface area contributed by atoms with Crippen molar-refractivity contribution in [3.05, 3.63) is 30.5 Å². The average Bonchev–Trinajstić information content (AvgIpc) is 3.30. The van der Waals surface area contributed by atoms with Crippen LogP contribution in [0, 0.1) is 5.92 Å². The molecule has 0 unspecified atom stereocenters. The second-order valence-corrected chi connectivity index (χ2v) is 9.37.